The van der Waals surface area contributed by atoms with Crippen molar-refractivity contribution in [2.24, 2.45) is 0 Å². The minimum absolute atomic E-state index is 0.0256. The summed E-state index contributed by atoms with van der Waals surface area (Å²) < 4.78 is 37.4. The average Bonchev–Trinajstić information content (AvgIpc) is 2.14. The van der Waals surface area contributed by atoms with Gasteiger partial charge in [-0.05, 0) is 32.0 Å². The molecule has 17 heavy (non-hydrogen) atoms. The Labute approximate surface area is 96.3 Å². The molecule has 0 spiro atoms. The first-order valence-corrected chi connectivity index (χ1v) is 4.93. The number of anilines is 1. The molecule has 0 bridgehead atoms. The minimum Gasteiger partial charge on any atom is -0.478 e. The van der Waals surface area contributed by atoms with Gasteiger partial charge >= 0.3 is 12.1 Å². The van der Waals surface area contributed by atoms with Crippen molar-refractivity contribution in [1.29, 1.82) is 0 Å². The van der Waals surface area contributed by atoms with Crippen molar-refractivity contribution in [1.82, 2.24) is 0 Å². The zero-order valence-electron chi connectivity index (χ0n) is 9.30. The van der Waals surface area contributed by atoms with Gasteiger partial charge in [0.1, 0.15) is 0 Å². The smallest absolute Gasteiger partial charge is 0.416 e. The minimum atomic E-state index is -4.48. The van der Waals surface area contributed by atoms with Crippen LogP contribution in [0, 0.1) is 0 Å². The molecule has 0 radical (unpaired) electrons. The van der Waals surface area contributed by atoms with E-state index in [1.807, 2.05) is 0 Å². The fourth-order valence-corrected chi connectivity index (χ4v) is 1.34. The van der Waals surface area contributed by atoms with Crippen molar-refractivity contribution in [3.8, 4) is 0 Å². The molecule has 6 heteroatoms. The van der Waals surface area contributed by atoms with Crippen LogP contribution in [-0.4, -0.2) is 17.1 Å². The van der Waals surface area contributed by atoms with Gasteiger partial charge in [0.05, 0.1) is 11.1 Å². The molecule has 0 fully saturated rings. The normalized spacial score (nSPS) is 11.6. The van der Waals surface area contributed by atoms with Crippen LogP contribution in [0.3, 0.4) is 0 Å². The highest BCUT2D eigenvalue weighted by Crippen LogP contribution is 2.32. The Hall–Kier alpha value is -1.72. The number of carboxylic acids is 1. The monoisotopic (exact) mass is 247 g/mol. The molecule has 0 aliphatic carbocycles. The number of aromatic carboxylic acids is 1. The van der Waals surface area contributed by atoms with Gasteiger partial charge < -0.3 is 10.4 Å². The average molecular weight is 247 g/mol. The number of hydrogen-bond donors (Lipinski definition) is 2. The van der Waals surface area contributed by atoms with Gasteiger partial charge in [-0.1, -0.05) is 0 Å². The summed E-state index contributed by atoms with van der Waals surface area (Å²) in [7, 11) is 0. The van der Waals surface area contributed by atoms with Crippen molar-refractivity contribution in [3.05, 3.63) is 29.3 Å². The number of carbonyl (C=O) groups is 1. The summed E-state index contributed by atoms with van der Waals surface area (Å²) in [6, 6.07) is 2.37. The lowest BCUT2D eigenvalue weighted by Gasteiger charge is -2.15. The fourth-order valence-electron chi connectivity index (χ4n) is 1.34. The first-order chi connectivity index (χ1) is 7.71. The van der Waals surface area contributed by atoms with E-state index in [0.717, 1.165) is 18.2 Å². The highest BCUT2D eigenvalue weighted by molar-refractivity contribution is 5.94. The second-order valence-electron chi connectivity index (χ2n) is 3.86. The molecular formula is C11H12F3NO2. The molecule has 0 saturated carbocycles. The molecule has 0 aliphatic heterocycles. The molecule has 0 saturated heterocycles. The molecule has 0 atom stereocenters. The maximum absolute atomic E-state index is 12.5. The zero-order valence-corrected chi connectivity index (χ0v) is 9.30. The number of nitrogens with one attached hydrogen (secondary N) is 1. The standard InChI is InChI=1S/C11H12F3NO2/c1-6(2)15-9-5-7(11(12,13)14)3-4-8(9)10(16)17/h3-6,15H,1-2H3,(H,16,17). The number of hydrogen-bond acceptors (Lipinski definition) is 2. The molecule has 0 aliphatic rings. The Morgan fingerprint density at radius 2 is 1.94 bits per heavy atom. The van der Waals surface area contributed by atoms with E-state index < -0.39 is 17.7 Å². The molecule has 0 aromatic heterocycles. The molecule has 1 aromatic carbocycles. The molecule has 3 nitrogen and oxygen atoms in total. The molecule has 0 unspecified atom stereocenters. The van der Waals surface area contributed by atoms with Crippen LogP contribution in [0.1, 0.15) is 29.8 Å². The largest absolute Gasteiger partial charge is 0.478 e. The quantitative estimate of drug-likeness (QED) is 0.862. The summed E-state index contributed by atoms with van der Waals surface area (Å²) in [5.74, 6) is -1.26. The third kappa shape index (κ3) is 3.37. The van der Waals surface area contributed by atoms with Crippen LogP contribution in [0.25, 0.3) is 0 Å². The van der Waals surface area contributed by atoms with E-state index in [-0.39, 0.29) is 17.3 Å². The van der Waals surface area contributed by atoms with E-state index >= 15 is 0 Å². The summed E-state index contributed by atoms with van der Waals surface area (Å²) in [6.07, 6.45) is -4.48. The topological polar surface area (TPSA) is 49.3 Å². The predicted molar refractivity (Wildman–Crippen MR) is 57.2 cm³/mol. The summed E-state index contributed by atoms with van der Waals surface area (Å²) in [4.78, 5) is 10.8. The van der Waals surface area contributed by atoms with E-state index in [4.69, 9.17) is 5.11 Å². The number of alkyl halides is 3. The molecule has 0 amide bonds. The summed E-state index contributed by atoms with van der Waals surface area (Å²) in [5.41, 5.74) is -1.07. The van der Waals surface area contributed by atoms with Crippen LogP contribution in [0.4, 0.5) is 18.9 Å². The van der Waals surface area contributed by atoms with E-state index in [1.165, 1.54) is 0 Å². The maximum Gasteiger partial charge on any atom is 0.416 e. The van der Waals surface area contributed by atoms with Crippen LogP contribution >= 0.6 is 0 Å². The number of rotatable bonds is 3. The van der Waals surface area contributed by atoms with E-state index in [0.29, 0.717) is 0 Å². The van der Waals surface area contributed by atoms with Crippen LogP contribution in [-0.2, 0) is 6.18 Å². The fraction of sp³-hybridized carbons (Fsp3) is 0.364. The van der Waals surface area contributed by atoms with Gasteiger partial charge in [0.2, 0.25) is 0 Å². The lowest BCUT2D eigenvalue weighted by atomic mass is 10.1. The van der Waals surface area contributed by atoms with Crippen molar-refractivity contribution in [2.45, 2.75) is 26.1 Å². The van der Waals surface area contributed by atoms with Gasteiger partial charge in [0, 0.05) is 11.7 Å². The van der Waals surface area contributed by atoms with Crippen molar-refractivity contribution < 1.29 is 23.1 Å². The SMILES string of the molecule is CC(C)Nc1cc(C(F)(F)F)ccc1C(=O)O. The van der Waals surface area contributed by atoms with E-state index in [9.17, 15) is 18.0 Å². The van der Waals surface area contributed by atoms with Crippen LogP contribution in [0.5, 0.6) is 0 Å². The lowest BCUT2D eigenvalue weighted by molar-refractivity contribution is -0.137. The van der Waals surface area contributed by atoms with Crippen LogP contribution in [0.2, 0.25) is 0 Å². The van der Waals surface area contributed by atoms with Crippen molar-refractivity contribution in [2.75, 3.05) is 5.32 Å². The molecular weight excluding hydrogens is 235 g/mol. The summed E-state index contributed by atoms with van der Waals surface area (Å²) in [5, 5.41) is 11.5. The zero-order chi connectivity index (χ0) is 13.2. The third-order valence-electron chi connectivity index (χ3n) is 2.02. The Morgan fingerprint density at radius 3 is 2.35 bits per heavy atom. The Bertz CT molecular complexity index is 427. The molecule has 94 valence electrons. The Morgan fingerprint density at radius 1 is 1.35 bits per heavy atom. The summed E-state index contributed by atoms with van der Waals surface area (Å²) in [6.45, 7) is 3.43. The van der Waals surface area contributed by atoms with Crippen molar-refractivity contribution in [3.63, 3.8) is 0 Å². The summed E-state index contributed by atoms with van der Waals surface area (Å²) >= 11 is 0. The highest BCUT2D eigenvalue weighted by Gasteiger charge is 2.31. The van der Waals surface area contributed by atoms with Crippen LogP contribution < -0.4 is 5.32 Å². The molecule has 1 rings (SSSR count). The first kappa shape index (κ1) is 13.3. The second kappa shape index (κ2) is 4.65. The van der Waals surface area contributed by atoms with E-state index in [2.05, 4.69) is 5.32 Å². The Kier molecular flexibility index (Phi) is 3.65. The van der Waals surface area contributed by atoms with E-state index in [1.54, 1.807) is 13.8 Å². The van der Waals surface area contributed by atoms with Gasteiger partial charge in [0.25, 0.3) is 0 Å². The van der Waals surface area contributed by atoms with Crippen LogP contribution in [0.15, 0.2) is 18.2 Å². The first-order valence-electron chi connectivity index (χ1n) is 4.93. The van der Waals surface area contributed by atoms with Gasteiger partial charge in [-0.25, -0.2) is 4.79 Å². The van der Waals surface area contributed by atoms with Crippen molar-refractivity contribution >= 4 is 11.7 Å². The van der Waals surface area contributed by atoms with Gasteiger partial charge in [-0.3, -0.25) is 0 Å². The highest BCUT2D eigenvalue weighted by atomic mass is 19.4. The number of carboxylic acid groups (broad SMARTS) is 1. The van der Waals surface area contributed by atoms with Gasteiger partial charge in [0.15, 0.2) is 0 Å². The van der Waals surface area contributed by atoms with Gasteiger partial charge in [-0.2, -0.15) is 13.2 Å². The third-order valence-corrected chi connectivity index (χ3v) is 2.02. The predicted octanol–water partition coefficient (Wildman–Crippen LogP) is 3.22. The molecule has 0 heterocycles. The second-order valence-corrected chi connectivity index (χ2v) is 3.86. The lowest BCUT2D eigenvalue weighted by Crippen LogP contribution is -2.15. The molecule has 2 N–H and O–H groups in total. The Balaban J connectivity index is 3.24. The molecule has 1 aromatic rings. The maximum atomic E-state index is 12.5. The van der Waals surface area contributed by atoms with Gasteiger partial charge in [-0.15, -0.1) is 0 Å². The number of halogens is 3. The number of benzene rings is 1.